The van der Waals surface area contributed by atoms with Gasteiger partial charge < -0.3 is 10.5 Å². The highest BCUT2D eigenvalue weighted by atomic mass is 19.1. The monoisotopic (exact) mass is 234 g/mol. The van der Waals surface area contributed by atoms with E-state index in [1.807, 2.05) is 6.07 Å². The first kappa shape index (κ1) is 11.6. The lowest BCUT2D eigenvalue weighted by Crippen LogP contribution is -2.01. The van der Waals surface area contributed by atoms with Crippen LogP contribution in [0.15, 0.2) is 24.4 Å². The van der Waals surface area contributed by atoms with Crippen LogP contribution in [0.25, 0.3) is 10.9 Å². The lowest BCUT2D eigenvalue weighted by molar-refractivity contribution is 0.297. The Morgan fingerprint density at radius 2 is 2.29 bits per heavy atom. The molecular weight excluding hydrogens is 219 g/mol. The second-order valence-electron chi connectivity index (χ2n) is 3.88. The second kappa shape index (κ2) is 4.99. The van der Waals surface area contributed by atoms with Crippen LogP contribution in [0.2, 0.25) is 0 Å². The highest BCUT2D eigenvalue weighted by Crippen LogP contribution is 2.31. The number of hydrogen-bond donors (Lipinski definition) is 1. The Bertz CT molecular complexity index is 528. The van der Waals surface area contributed by atoms with E-state index in [2.05, 4.69) is 11.9 Å². The number of unbranched alkanes of at least 4 members (excludes halogenated alkanes) is 1. The molecule has 1 aromatic heterocycles. The maximum Gasteiger partial charge on any atom is 0.181 e. The molecule has 4 heteroatoms. The summed E-state index contributed by atoms with van der Waals surface area (Å²) in [5.41, 5.74) is 6.62. The van der Waals surface area contributed by atoms with Crippen LogP contribution in [0.5, 0.6) is 5.75 Å². The molecule has 0 aliphatic carbocycles. The van der Waals surface area contributed by atoms with Gasteiger partial charge in [0.15, 0.2) is 11.6 Å². The van der Waals surface area contributed by atoms with E-state index < -0.39 is 5.82 Å². The third kappa shape index (κ3) is 2.30. The lowest BCUT2D eigenvalue weighted by atomic mass is 10.1. The molecule has 0 unspecified atom stereocenters. The number of halogens is 1. The molecule has 0 aliphatic heterocycles. The van der Waals surface area contributed by atoms with E-state index >= 15 is 0 Å². The van der Waals surface area contributed by atoms with Gasteiger partial charge in [-0.3, -0.25) is 4.98 Å². The van der Waals surface area contributed by atoms with Crippen molar-refractivity contribution < 1.29 is 9.13 Å². The maximum absolute atomic E-state index is 13.8. The van der Waals surface area contributed by atoms with Gasteiger partial charge in [0.1, 0.15) is 5.52 Å². The van der Waals surface area contributed by atoms with Gasteiger partial charge >= 0.3 is 0 Å². The van der Waals surface area contributed by atoms with Gasteiger partial charge in [0.2, 0.25) is 0 Å². The summed E-state index contributed by atoms with van der Waals surface area (Å²) in [6.07, 6.45) is 3.49. The van der Waals surface area contributed by atoms with Crippen LogP contribution in [0.3, 0.4) is 0 Å². The normalized spacial score (nSPS) is 10.7. The summed E-state index contributed by atoms with van der Waals surface area (Å²) in [6, 6.07) is 4.86. The molecular formula is C13H15FN2O. The molecule has 0 aliphatic rings. The Kier molecular flexibility index (Phi) is 3.42. The molecule has 0 saturated carbocycles. The number of nitrogens with zero attached hydrogens (tertiary/aromatic N) is 1. The SMILES string of the molecule is CCCCOc1c(F)cc(N)c2cccnc12. The first-order chi connectivity index (χ1) is 8.24. The van der Waals surface area contributed by atoms with E-state index in [0.717, 1.165) is 18.2 Å². The predicted molar refractivity (Wildman–Crippen MR) is 66.5 cm³/mol. The van der Waals surface area contributed by atoms with Crippen molar-refractivity contribution in [2.45, 2.75) is 19.8 Å². The average Bonchev–Trinajstić information content (AvgIpc) is 2.33. The van der Waals surface area contributed by atoms with Crippen molar-refractivity contribution in [3.05, 3.63) is 30.2 Å². The number of hydrogen-bond acceptors (Lipinski definition) is 3. The van der Waals surface area contributed by atoms with Crippen molar-refractivity contribution in [3.8, 4) is 5.75 Å². The van der Waals surface area contributed by atoms with E-state index in [1.165, 1.54) is 6.07 Å². The van der Waals surface area contributed by atoms with Crippen LogP contribution in [-0.2, 0) is 0 Å². The van der Waals surface area contributed by atoms with Crippen LogP contribution < -0.4 is 10.5 Å². The molecule has 90 valence electrons. The van der Waals surface area contributed by atoms with Gasteiger partial charge in [0.05, 0.1) is 6.61 Å². The number of nitrogens with two attached hydrogens (primary N) is 1. The van der Waals surface area contributed by atoms with Gasteiger partial charge in [-0.25, -0.2) is 4.39 Å². The number of anilines is 1. The number of aromatic nitrogens is 1. The summed E-state index contributed by atoms with van der Waals surface area (Å²) < 4.78 is 19.2. The summed E-state index contributed by atoms with van der Waals surface area (Å²) in [5, 5.41) is 0.723. The molecule has 2 N–H and O–H groups in total. The topological polar surface area (TPSA) is 48.1 Å². The smallest absolute Gasteiger partial charge is 0.181 e. The number of rotatable bonds is 4. The minimum Gasteiger partial charge on any atom is -0.488 e. The number of ether oxygens (including phenoxy) is 1. The number of benzene rings is 1. The third-order valence-electron chi connectivity index (χ3n) is 2.58. The van der Waals surface area contributed by atoms with Crippen LogP contribution in [0.4, 0.5) is 10.1 Å². The van der Waals surface area contributed by atoms with Gasteiger partial charge in [-0.15, -0.1) is 0 Å². The molecule has 0 spiro atoms. The van der Waals surface area contributed by atoms with Crippen molar-refractivity contribution >= 4 is 16.6 Å². The van der Waals surface area contributed by atoms with Gasteiger partial charge in [-0.1, -0.05) is 13.3 Å². The molecule has 1 heterocycles. The zero-order valence-electron chi connectivity index (χ0n) is 9.74. The molecule has 0 atom stereocenters. The summed E-state index contributed by atoms with van der Waals surface area (Å²) >= 11 is 0. The van der Waals surface area contributed by atoms with Crippen molar-refractivity contribution in [3.63, 3.8) is 0 Å². The quantitative estimate of drug-likeness (QED) is 0.653. The van der Waals surface area contributed by atoms with Gasteiger partial charge in [0.25, 0.3) is 0 Å². The molecule has 0 saturated heterocycles. The molecule has 3 nitrogen and oxygen atoms in total. The fourth-order valence-corrected chi connectivity index (χ4v) is 1.67. The second-order valence-corrected chi connectivity index (χ2v) is 3.88. The summed E-state index contributed by atoms with van der Waals surface area (Å²) in [4.78, 5) is 4.14. The van der Waals surface area contributed by atoms with Crippen molar-refractivity contribution in [1.82, 2.24) is 4.98 Å². The largest absolute Gasteiger partial charge is 0.488 e. The fourth-order valence-electron chi connectivity index (χ4n) is 1.67. The maximum atomic E-state index is 13.8. The van der Waals surface area contributed by atoms with E-state index in [0.29, 0.717) is 17.8 Å². The fraction of sp³-hybridized carbons (Fsp3) is 0.308. The van der Waals surface area contributed by atoms with Crippen LogP contribution in [0, 0.1) is 5.82 Å². The molecule has 2 rings (SSSR count). The zero-order chi connectivity index (χ0) is 12.3. The molecule has 0 radical (unpaired) electrons. The predicted octanol–water partition coefficient (Wildman–Crippen LogP) is 3.14. The Morgan fingerprint density at radius 1 is 1.47 bits per heavy atom. The summed E-state index contributed by atoms with van der Waals surface area (Å²) in [7, 11) is 0. The van der Waals surface area contributed by atoms with E-state index in [1.54, 1.807) is 12.3 Å². The Labute approximate surface area is 99.4 Å². The number of pyridine rings is 1. The Hall–Kier alpha value is -1.84. The first-order valence-electron chi connectivity index (χ1n) is 5.69. The van der Waals surface area contributed by atoms with Gasteiger partial charge in [0, 0.05) is 23.3 Å². The van der Waals surface area contributed by atoms with E-state index in [-0.39, 0.29) is 5.75 Å². The molecule has 0 bridgehead atoms. The minimum atomic E-state index is -0.454. The highest BCUT2D eigenvalue weighted by Gasteiger charge is 2.12. The van der Waals surface area contributed by atoms with Gasteiger partial charge in [-0.2, -0.15) is 0 Å². The first-order valence-corrected chi connectivity index (χ1v) is 5.69. The third-order valence-corrected chi connectivity index (χ3v) is 2.58. The van der Waals surface area contributed by atoms with Crippen molar-refractivity contribution in [1.29, 1.82) is 0 Å². The lowest BCUT2D eigenvalue weighted by Gasteiger charge is -2.10. The van der Waals surface area contributed by atoms with Crippen LogP contribution in [-0.4, -0.2) is 11.6 Å². The summed E-state index contributed by atoms with van der Waals surface area (Å²) in [6.45, 7) is 2.54. The van der Waals surface area contributed by atoms with Crippen LogP contribution >= 0.6 is 0 Å². The standard InChI is InChI=1S/C13H15FN2O/c1-2-3-7-17-13-10(14)8-11(15)9-5-4-6-16-12(9)13/h4-6,8H,2-3,7,15H2,1H3. The zero-order valence-corrected chi connectivity index (χ0v) is 9.74. The highest BCUT2D eigenvalue weighted by molar-refractivity contribution is 5.94. The van der Waals surface area contributed by atoms with Gasteiger partial charge in [-0.05, 0) is 18.6 Å². The number of fused-ring (bicyclic) bond motifs is 1. The molecule has 1 aromatic carbocycles. The van der Waals surface area contributed by atoms with Crippen LogP contribution in [0.1, 0.15) is 19.8 Å². The average molecular weight is 234 g/mol. The Balaban J connectivity index is 2.46. The number of nitrogen functional groups attached to an aromatic ring is 1. The molecule has 17 heavy (non-hydrogen) atoms. The minimum absolute atomic E-state index is 0.197. The molecule has 0 fully saturated rings. The van der Waals surface area contributed by atoms with E-state index in [4.69, 9.17) is 10.5 Å². The molecule has 0 amide bonds. The molecule has 2 aromatic rings. The van der Waals surface area contributed by atoms with E-state index in [9.17, 15) is 4.39 Å². The van der Waals surface area contributed by atoms with Crippen molar-refractivity contribution in [2.24, 2.45) is 0 Å². The van der Waals surface area contributed by atoms with Crippen molar-refractivity contribution in [2.75, 3.05) is 12.3 Å². The Morgan fingerprint density at radius 3 is 3.06 bits per heavy atom. The summed E-state index contributed by atoms with van der Waals surface area (Å²) in [5.74, 6) is -0.256.